The summed E-state index contributed by atoms with van der Waals surface area (Å²) in [6.07, 6.45) is 1.22. The molecule has 0 radical (unpaired) electrons. The summed E-state index contributed by atoms with van der Waals surface area (Å²) in [5.74, 6) is 0.735. The molecule has 0 saturated carbocycles. The lowest BCUT2D eigenvalue weighted by molar-refractivity contribution is -0.127. The van der Waals surface area contributed by atoms with Crippen molar-refractivity contribution >= 4 is 16.8 Å². The molecule has 0 saturated heterocycles. The number of carbonyl (C=O) groups excluding carboxylic acids is 1. The monoisotopic (exact) mass is 507 g/mol. The van der Waals surface area contributed by atoms with Gasteiger partial charge in [0.15, 0.2) is 0 Å². The molecule has 1 N–H and O–H groups in total. The number of nitrogens with zero attached hydrogens (tertiary/aromatic N) is 2. The molecule has 4 rings (SSSR count). The second-order valence-corrected chi connectivity index (χ2v) is 8.47. The third kappa shape index (κ3) is 6.63. The molecule has 1 aromatic heterocycles. The van der Waals surface area contributed by atoms with Crippen LogP contribution in [0.2, 0.25) is 0 Å². The molecule has 0 aliphatic rings. The summed E-state index contributed by atoms with van der Waals surface area (Å²) in [4.78, 5) is 12.5. The molecule has 0 unspecified atom stereocenters. The van der Waals surface area contributed by atoms with E-state index in [1.54, 1.807) is 37.2 Å². The number of ether oxygens (including phenoxy) is 4. The molecule has 3 aromatic carbocycles. The molecule has 2 atom stereocenters. The second kappa shape index (κ2) is 12.3. The molecule has 37 heavy (non-hydrogen) atoms. The zero-order valence-electron chi connectivity index (χ0n) is 21.0. The third-order valence-electron chi connectivity index (χ3n) is 5.80. The van der Waals surface area contributed by atoms with Gasteiger partial charge in [0.1, 0.15) is 30.0 Å². The minimum absolute atomic E-state index is 0.0763. The molecule has 8 nitrogen and oxygen atoms in total. The van der Waals surface area contributed by atoms with Crippen LogP contribution in [0.4, 0.5) is 4.39 Å². The molecule has 0 aliphatic heterocycles. The first-order chi connectivity index (χ1) is 18.0. The van der Waals surface area contributed by atoms with Gasteiger partial charge in [0, 0.05) is 12.5 Å². The van der Waals surface area contributed by atoms with Crippen molar-refractivity contribution in [1.29, 1.82) is 0 Å². The highest BCUT2D eigenvalue weighted by molar-refractivity contribution is 5.82. The van der Waals surface area contributed by atoms with Gasteiger partial charge in [-0.1, -0.05) is 12.1 Å². The first kappa shape index (κ1) is 26.1. The molecular formula is C28H30FN3O5. The van der Waals surface area contributed by atoms with Crippen molar-refractivity contribution < 1.29 is 28.1 Å². The van der Waals surface area contributed by atoms with E-state index in [2.05, 4.69) is 10.4 Å². The maximum atomic E-state index is 13.3. The van der Waals surface area contributed by atoms with Crippen LogP contribution in [0, 0.1) is 5.82 Å². The number of rotatable bonds is 12. The summed E-state index contributed by atoms with van der Waals surface area (Å²) in [6.45, 7) is 2.55. The van der Waals surface area contributed by atoms with E-state index in [1.165, 1.54) is 12.1 Å². The Labute approximate surface area is 214 Å². The standard InChI is InChI=1S/C28H30FN3O5/c1-19(31-27(33)18-36-14-13-34-2)28(20-5-4-6-24(15-20)35-3)37-25-11-12-26-21(16-25)17-30-32(26)23-9-7-22(29)8-10-23/h4-12,15-17,19,28H,13-14,18H2,1-3H3,(H,31,33)/t19-,28+/m0/s1. The van der Waals surface area contributed by atoms with Crippen molar-refractivity contribution in [3.05, 3.63) is 84.3 Å². The first-order valence-corrected chi connectivity index (χ1v) is 11.9. The van der Waals surface area contributed by atoms with Gasteiger partial charge in [-0.25, -0.2) is 9.07 Å². The molecule has 0 aliphatic carbocycles. The Bertz CT molecular complexity index is 1330. The Morgan fingerprint density at radius 1 is 1.03 bits per heavy atom. The Kier molecular flexibility index (Phi) is 8.71. The van der Waals surface area contributed by atoms with E-state index in [1.807, 2.05) is 49.4 Å². The Hall–Kier alpha value is -3.95. The highest BCUT2D eigenvalue weighted by Crippen LogP contribution is 2.30. The van der Waals surface area contributed by atoms with Gasteiger partial charge in [-0.2, -0.15) is 5.10 Å². The number of fused-ring (bicyclic) bond motifs is 1. The molecule has 0 bridgehead atoms. The summed E-state index contributed by atoms with van der Waals surface area (Å²) >= 11 is 0. The van der Waals surface area contributed by atoms with Crippen LogP contribution in [0.1, 0.15) is 18.6 Å². The Morgan fingerprint density at radius 3 is 2.59 bits per heavy atom. The van der Waals surface area contributed by atoms with Crippen LogP contribution in [-0.2, 0) is 14.3 Å². The second-order valence-electron chi connectivity index (χ2n) is 8.47. The van der Waals surface area contributed by atoms with Crippen molar-refractivity contribution in [2.24, 2.45) is 0 Å². The topological polar surface area (TPSA) is 83.8 Å². The zero-order valence-corrected chi connectivity index (χ0v) is 21.0. The Balaban J connectivity index is 1.56. The molecule has 1 heterocycles. The van der Waals surface area contributed by atoms with Crippen LogP contribution in [-0.4, -0.2) is 55.8 Å². The zero-order chi connectivity index (χ0) is 26.2. The van der Waals surface area contributed by atoms with Crippen molar-refractivity contribution in [1.82, 2.24) is 15.1 Å². The largest absolute Gasteiger partial charge is 0.497 e. The number of hydrogen-bond donors (Lipinski definition) is 1. The van der Waals surface area contributed by atoms with Gasteiger partial charge in [-0.3, -0.25) is 4.79 Å². The van der Waals surface area contributed by atoms with Crippen LogP contribution in [0.3, 0.4) is 0 Å². The molecule has 0 fully saturated rings. The minimum atomic E-state index is -0.511. The number of halogens is 1. The molecule has 0 spiro atoms. The van der Waals surface area contributed by atoms with E-state index in [4.69, 9.17) is 18.9 Å². The van der Waals surface area contributed by atoms with Gasteiger partial charge in [0.25, 0.3) is 0 Å². The maximum absolute atomic E-state index is 13.3. The number of amides is 1. The smallest absolute Gasteiger partial charge is 0.246 e. The normalized spacial score (nSPS) is 12.8. The SMILES string of the molecule is COCCOCC(=O)N[C@@H](C)[C@@H](Oc1ccc2c(cnn2-c2ccc(F)cc2)c1)c1cccc(OC)c1. The van der Waals surface area contributed by atoms with E-state index in [0.29, 0.717) is 24.7 Å². The number of aromatic nitrogens is 2. The molecule has 9 heteroatoms. The number of carbonyl (C=O) groups is 1. The Morgan fingerprint density at radius 2 is 1.84 bits per heavy atom. The van der Waals surface area contributed by atoms with Crippen LogP contribution in [0.15, 0.2) is 72.9 Å². The number of methoxy groups -OCH3 is 2. The number of benzene rings is 3. The van der Waals surface area contributed by atoms with E-state index >= 15 is 0 Å². The van der Waals surface area contributed by atoms with E-state index in [-0.39, 0.29) is 24.4 Å². The summed E-state index contributed by atoms with van der Waals surface area (Å²) in [6, 6.07) is 18.9. The van der Waals surface area contributed by atoms with Gasteiger partial charge in [-0.05, 0) is 67.1 Å². The lowest BCUT2D eigenvalue weighted by atomic mass is 10.0. The molecule has 194 valence electrons. The highest BCUT2D eigenvalue weighted by atomic mass is 19.1. The van der Waals surface area contributed by atoms with Crippen LogP contribution >= 0.6 is 0 Å². The van der Waals surface area contributed by atoms with Gasteiger partial charge in [0.05, 0.1) is 43.8 Å². The van der Waals surface area contributed by atoms with Crippen LogP contribution in [0.5, 0.6) is 11.5 Å². The highest BCUT2D eigenvalue weighted by Gasteiger charge is 2.24. The fourth-order valence-corrected chi connectivity index (χ4v) is 3.97. The summed E-state index contributed by atoms with van der Waals surface area (Å²) < 4.78 is 37.2. The average molecular weight is 508 g/mol. The van der Waals surface area contributed by atoms with Crippen molar-refractivity contribution in [3.63, 3.8) is 0 Å². The fraction of sp³-hybridized carbons (Fsp3) is 0.286. The van der Waals surface area contributed by atoms with Crippen molar-refractivity contribution in [2.45, 2.75) is 19.1 Å². The molecule has 1 amide bonds. The summed E-state index contributed by atoms with van der Waals surface area (Å²) in [5.41, 5.74) is 2.45. The average Bonchev–Trinajstić information content (AvgIpc) is 3.33. The summed E-state index contributed by atoms with van der Waals surface area (Å²) in [5, 5.41) is 8.27. The van der Waals surface area contributed by atoms with Gasteiger partial charge in [-0.15, -0.1) is 0 Å². The van der Waals surface area contributed by atoms with E-state index in [0.717, 1.165) is 22.2 Å². The predicted molar refractivity (Wildman–Crippen MR) is 138 cm³/mol. The third-order valence-corrected chi connectivity index (χ3v) is 5.80. The molecular weight excluding hydrogens is 477 g/mol. The van der Waals surface area contributed by atoms with Gasteiger partial charge in [0.2, 0.25) is 5.91 Å². The van der Waals surface area contributed by atoms with Gasteiger partial charge < -0.3 is 24.3 Å². The lowest BCUT2D eigenvalue weighted by Crippen LogP contribution is -2.41. The van der Waals surface area contributed by atoms with Gasteiger partial charge >= 0.3 is 0 Å². The van der Waals surface area contributed by atoms with Crippen molar-refractivity contribution in [3.8, 4) is 17.2 Å². The quantitative estimate of drug-likeness (QED) is 0.285. The lowest BCUT2D eigenvalue weighted by Gasteiger charge is -2.27. The summed E-state index contributed by atoms with van der Waals surface area (Å²) in [7, 11) is 3.18. The number of nitrogens with one attached hydrogen (secondary N) is 1. The van der Waals surface area contributed by atoms with Crippen LogP contribution in [0.25, 0.3) is 16.6 Å². The number of hydrogen-bond acceptors (Lipinski definition) is 6. The van der Waals surface area contributed by atoms with Crippen LogP contribution < -0.4 is 14.8 Å². The predicted octanol–water partition coefficient (Wildman–Crippen LogP) is 4.46. The van der Waals surface area contributed by atoms with E-state index in [9.17, 15) is 9.18 Å². The fourth-order valence-electron chi connectivity index (χ4n) is 3.97. The maximum Gasteiger partial charge on any atom is 0.246 e. The van der Waals surface area contributed by atoms with Crippen molar-refractivity contribution in [2.75, 3.05) is 34.0 Å². The van der Waals surface area contributed by atoms with E-state index < -0.39 is 6.10 Å². The molecule has 4 aromatic rings. The first-order valence-electron chi connectivity index (χ1n) is 11.9. The minimum Gasteiger partial charge on any atom is -0.497 e.